The molecule has 0 aliphatic heterocycles. The number of carboxylic acid groups (broad SMARTS) is 1. The lowest BCUT2D eigenvalue weighted by molar-refractivity contribution is -0.255. The highest BCUT2D eigenvalue weighted by Crippen LogP contribution is 2.12. The number of carbonyl (C=O) groups is 1. The Bertz CT molecular complexity index is 489. The van der Waals surface area contributed by atoms with Gasteiger partial charge in [0.25, 0.3) is 0 Å². The summed E-state index contributed by atoms with van der Waals surface area (Å²) in [6, 6.07) is 15.9. The normalized spacial score (nSPS) is 9.88. The van der Waals surface area contributed by atoms with E-state index in [-0.39, 0.29) is 5.56 Å². The van der Waals surface area contributed by atoms with Gasteiger partial charge in [-0.25, -0.2) is 0 Å². The minimum Gasteiger partial charge on any atom is -0.545 e. The van der Waals surface area contributed by atoms with Gasteiger partial charge in [0.1, 0.15) is 12.4 Å². The van der Waals surface area contributed by atoms with E-state index < -0.39 is 5.97 Å². The maximum Gasteiger partial charge on any atom is 0.119 e. The molecule has 0 atom stereocenters. The van der Waals surface area contributed by atoms with Crippen LogP contribution in [0.25, 0.3) is 0 Å². The van der Waals surface area contributed by atoms with E-state index in [4.69, 9.17) is 4.74 Å². The van der Waals surface area contributed by atoms with Crippen LogP contribution in [0, 0.1) is 0 Å². The van der Waals surface area contributed by atoms with E-state index in [0.717, 1.165) is 11.3 Å². The predicted octanol–water partition coefficient (Wildman–Crippen LogP) is 1.63. The van der Waals surface area contributed by atoms with Crippen molar-refractivity contribution in [3.63, 3.8) is 0 Å². The summed E-state index contributed by atoms with van der Waals surface area (Å²) < 4.78 is 5.53. The molecule has 0 bridgehead atoms. The number of carboxylic acids is 1. The zero-order valence-electron chi connectivity index (χ0n) is 9.13. The molecule has 0 saturated carbocycles. The van der Waals surface area contributed by atoms with Crippen LogP contribution in [-0.4, -0.2) is 5.97 Å². The zero-order valence-corrected chi connectivity index (χ0v) is 9.13. The maximum absolute atomic E-state index is 10.5. The van der Waals surface area contributed by atoms with Crippen molar-refractivity contribution >= 4 is 5.97 Å². The molecule has 0 spiro atoms. The topological polar surface area (TPSA) is 49.4 Å². The monoisotopic (exact) mass is 227 g/mol. The predicted molar refractivity (Wildman–Crippen MR) is 61.5 cm³/mol. The lowest BCUT2D eigenvalue weighted by Crippen LogP contribution is -2.22. The van der Waals surface area contributed by atoms with Crippen LogP contribution in [0.2, 0.25) is 0 Å². The number of aromatic carboxylic acids is 1. The van der Waals surface area contributed by atoms with Crippen LogP contribution in [0.1, 0.15) is 15.9 Å². The fourth-order valence-electron chi connectivity index (χ4n) is 1.42. The highest BCUT2D eigenvalue weighted by molar-refractivity contribution is 5.85. The minimum absolute atomic E-state index is 0.175. The standard InChI is InChI=1S/C14H12O3/c15-14(16)12-8-6-11(7-9-12)10-17-13-4-2-1-3-5-13/h1-9H,10H2,(H,15,16)/p-1. The molecule has 0 heterocycles. The lowest BCUT2D eigenvalue weighted by atomic mass is 10.1. The molecule has 0 N–H and O–H groups in total. The first kappa shape index (κ1) is 11.2. The second-order valence-electron chi connectivity index (χ2n) is 3.59. The van der Waals surface area contributed by atoms with Crippen LogP contribution in [0.5, 0.6) is 5.75 Å². The average Bonchev–Trinajstić information content (AvgIpc) is 2.38. The summed E-state index contributed by atoms with van der Waals surface area (Å²) >= 11 is 0. The molecule has 0 amide bonds. The van der Waals surface area contributed by atoms with Crippen molar-refractivity contribution < 1.29 is 14.6 Å². The van der Waals surface area contributed by atoms with E-state index in [1.807, 2.05) is 30.3 Å². The molecule has 0 unspecified atom stereocenters. The summed E-state index contributed by atoms with van der Waals surface area (Å²) in [6.07, 6.45) is 0. The Morgan fingerprint density at radius 1 is 1.00 bits per heavy atom. The van der Waals surface area contributed by atoms with Crippen LogP contribution in [0.15, 0.2) is 54.6 Å². The van der Waals surface area contributed by atoms with Gasteiger partial charge in [0, 0.05) is 0 Å². The van der Waals surface area contributed by atoms with E-state index in [0.29, 0.717) is 6.61 Å². The number of hydrogen-bond donors (Lipinski definition) is 0. The summed E-state index contributed by atoms with van der Waals surface area (Å²) in [5, 5.41) is 10.5. The van der Waals surface area contributed by atoms with Crippen molar-refractivity contribution in [1.82, 2.24) is 0 Å². The number of benzene rings is 2. The van der Waals surface area contributed by atoms with Gasteiger partial charge in [-0.3, -0.25) is 0 Å². The quantitative estimate of drug-likeness (QED) is 0.797. The van der Waals surface area contributed by atoms with Crippen molar-refractivity contribution in [2.75, 3.05) is 0 Å². The first-order valence-electron chi connectivity index (χ1n) is 5.24. The molecular weight excluding hydrogens is 216 g/mol. The minimum atomic E-state index is -1.17. The van der Waals surface area contributed by atoms with Crippen molar-refractivity contribution in [3.05, 3.63) is 65.7 Å². The van der Waals surface area contributed by atoms with Gasteiger partial charge in [-0.2, -0.15) is 0 Å². The van der Waals surface area contributed by atoms with Crippen molar-refractivity contribution in [1.29, 1.82) is 0 Å². The molecule has 2 rings (SSSR count). The third-order valence-corrected chi connectivity index (χ3v) is 2.34. The highest BCUT2D eigenvalue weighted by atomic mass is 16.5. The maximum atomic E-state index is 10.5. The van der Waals surface area contributed by atoms with Crippen molar-refractivity contribution in [2.24, 2.45) is 0 Å². The van der Waals surface area contributed by atoms with Gasteiger partial charge >= 0.3 is 0 Å². The molecule has 0 saturated heterocycles. The molecule has 0 radical (unpaired) electrons. The van der Waals surface area contributed by atoms with Crippen LogP contribution < -0.4 is 9.84 Å². The Labute approximate surface area is 99.3 Å². The van der Waals surface area contributed by atoms with Gasteiger partial charge in [-0.15, -0.1) is 0 Å². The van der Waals surface area contributed by atoms with E-state index >= 15 is 0 Å². The molecule has 2 aromatic rings. The van der Waals surface area contributed by atoms with Gasteiger partial charge < -0.3 is 14.6 Å². The average molecular weight is 227 g/mol. The molecular formula is C14H11O3-. The SMILES string of the molecule is O=C([O-])c1ccc(COc2ccccc2)cc1. The summed E-state index contributed by atoms with van der Waals surface area (Å²) in [5.74, 6) is -0.378. The smallest absolute Gasteiger partial charge is 0.119 e. The number of para-hydroxylation sites is 1. The van der Waals surface area contributed by atoms with E-state index in [9.17, 15) is 9.90 Å². The summed E-state index contributed by atoms with van der Waals surface area (Å²) in [4.78, 5) is 10.5. The third kappa shape index (κ3) is 3.08. The fourth-order valence-corrected chi connectivity index (χ4v) is 1.42. The molecule has 2 aromatic carbocycles. The second-order valence-corrected chi connectivity index (χ2v) is 3.59. The lowest BCUT2D eigenvalue weighted by Gasteiger charge is -2.07. The Hall–Kier alpha value is -2.29. The Kier molecular flexibility index (Phi) is 3.40. The molecule has 0 aliphatic rings. The highest BCUT2D eigenvalue weighted by Gasteiger charge is 1.97. The summed E-state index contributed by atoms with van der Waals surface area (Å²) in [6.45, 7) is 0.414. The zero-order chi connectivity index (χ0) is 12.1. The number of ether oxygens (including phenoxy) is 1. The van der Waals surface area contributed by atoms with E-state index in [2.05, 4.69) is 0 Å². The second kappa shape index (κ2) is 5.16. The Morgan fingerprint density at radius 2 is 1.65 bits per heavy atom. The van der Waals surface area contributed by atoms with E-state index in [1.54, 1.807) is 12.1 Å². The third-order valence-electron chi connectivity index (χ3n) is 2.34. The summed E-state index contributed by atoms with van der Waals surface area (Å²) in [7, 11) is 0. The van der Waals surface area contributed by atoms with Gasteiger partial charge in [-0.1, -0.05) is 42.5 Å². The molecule has 3 heteroatoms. The molecule has 0 fully saturated rings. The van der Waals surface area contributed by atoms with Crippen molar-refractivity contribution in [2.45, 2.75) is 6.61 Å². The Balaban J connectivity index is 1.98. The molecule has 86 valence electrons. The fraction of sp³-hybridized carbons (Fsp3) is 0.0714. The number of rotatable bonds is 4. The van der Waals surface area contributed by atoms with Crippen molar-refractivity contribution in [3.8, 4) is 5.75 Å². The van der Waals surface area contributed by atoms with E-state index in [1.165, 1.54) is 12.1 Å². The van der Waals surface area contributed by atoms with Crippen LogP contribution >= 0.6 is 0 Å². The number of hydrogen-bond acceptors (Lipinski definition) is 3. The van der Waals surface area contributed by atoms with Gasteiger partial charge in [0.05, 0.1) is 5.97 Å². The molecule has 0 aliphatic carbocycles. The van der Waals surface area contributed by atoms with Crippen LogP contribution in [0.4, 0.5) is 0 Å². The summed E-state index contributed by atoms with van der Waals surface area (Å²) in [5.41, 5.74) is 1.09. The molecule has 0 aromatic heterocycles. The van der Waals surface area contributed by atoms with Crippen LogP contribution in [-0.2, 0) is 6.61 Å². The van der Waals surface area contributed by atoms with Gasteiger partial charge in [0.2, 0.25) is 0 Å². The molecule has 3 nitrogen and oxygen atoms in total. The largest absolute Gasteiger partial charge is 0.545 e. The first-order valence-corrected chi connectivity index (χ1v) is 5.24. The Morgan fingerprint density at radius 3 is 2.24 bits per heavy atom. The number of carbonyl (C=O) groups excluding carboxylic acids is 1. The van der Waals surface area contributed by atoms with Crippen LogP contribution in [0.3, 0.4) is 0 Å². The van der Waals surface area contributed by atoms with Gasteiger partial charge in [-0.05, 0) is 23.3 Å². The first-order chi connectivity index (χ1) is 8.25. The molecule has 17 heavy (non-hydrogen) atoms. The van der Waals surface area contributed by atoms with Gasteiger partial charge in [0.15, 0.2) is 0 Å².